The number of anilines is 1. The van der Waals surface area contributed by atoms with Crippen molar-refractivity contribution in [2.24, 2.45) is 11.3 Å². The van der Waals surface area contributed by atoms with Crippen molar-refractivity contribution in [2.45, 2.75) is 65.2 Å². The first-order chi connectivity index (χ1) is 15.8. The number of alkyl halides is 2. The van der Waals surface area contributed by atoms with Crippen LogP contribution in [-0.2, 0) is 19.1 Å². The van der Waals surface area contributed by atoms with Gasteiger partial charge in [-0.3, -0.25) is 19.3 Å². The molecule has 2 N–H and O–H groups in total. The summed E-state index contributed by atoms with van der Waals surface area (Å²) in [4.78, 5) is 51.3. The molecule has 3 atom stereocenters. The Hall–Kier alpha value is -3.24. The van der Waals surface area contributed by atoms with Crippen molar-refractivity contribution < 1.29 is 37.4 Å². The lowest BCUT2D eigenvalue weighted by molar-refractivity contribution is -0.155. The second-order valence-electron chi connectivity index (χ2n) is 9.75. The van der Waals surface area contributed by atoms with Gasteiger partial charge in [-0.25, -0.2) is 4.79 Å². The number of hydrogen-bond donors (Lipinski definition) is 2. The molecule has 1 aromatic carbocycles. The van der Waals surface area contributed by atoms with Crippen molar-refractivity contribution in [3.63, 3.8) is 0 Å². The highest BCUT2D eigenvalue weighted by atomic mass is 19.3. The molecule has 0 radical (unpaired) electrons. The first-order valence-electron chi connectivity index (χ1n) is 11.0. The molecule has 2 fully saturated rings. The summed E-state index contributed by atoms with van der Waals surface area (Å²) in [5, 5.41) is 5.12. The van der Waals surface area contributed by atoms with Gasteiger partial charge in [-0.1, -0.05) is 32.9 Å². The highest BCUT2D eigenvalue weighted by Crippen LogP contribution is 2.46. The lowest BCUT2D eigenvalue weighted by Gasteiger charge is -2.43. The highest BCUT2D eigenvalue weighted by Gasteiger charge is 2.56. The van der Waals surface area contributed by atoms with Crippen LogP contribution in [0.1, 0.15) is 47.0 Å². The van der Waals surface area contributed by atoms with Gasteiger partial charge in [0.05, 0.1) is 5.69 Å². The summed E-state index contributed by atoms with van der Waals surface area (Å²) in [7, 11) is 0. The van der Waals surface area contributed by atoms with E-state index in [2.05, 4.69) is 15.4 Å². The Morgan fingerprint density at radius 2 is 1.91 bits per heavy atom. The number of imide groups is 1. The summed E-state index contributed by atoms with van der Waals surface area (Å²) in [6.07, 6.45) is 0.526. The predicted octanol–water partition coefficient (Wildman–Crippen LogP) is 3.30. The van der Waals surface area contributed by atoms with E-state index in [1.165, 1.54) is 31.2 Å². The van der Waals surface area contributed by atoms with Gasteiger partial charge in [-0.15, -0.1) is 0 Å². The molecule has 3 unspecified atom stereocenters. The summed E-state index contributed by atoms with van der Waals surface area (Å²) in [5.41, 5.74) is -1.25. The van der Waals surface area contributed by atoms with Gasteiger partial charge in [-0.2, -0.15) is 8.78 Å². The highest BCUT2D eigenvalue weighted by molar-refractivity contribution is 6.09. The third-order valence-corrected chi connectivity index (χ3v) is 5.95. The first kappa shape index (κ1) is 25.4. The largest absolute Gasteiger partial charge is 0.451 e. The molecular formula is C23H29F2N3O6. The standard InChI is InChI=1S/C23H29F2N3O6/c1-13-9-22(3,4)12-23(10-13)19(31)28(21(32)27-23)11-17(29)33-14(2)18(30)26-15-7-5-6-8-16(15)34-20(24)25/h5-8,13-14,20H,9-12H2,1-4H3,(H,26,30)(H,27,32). The van der Waals surface area contributed by atoms with Gasteiger partial charge in [0.1, 0.15) is 17.8 Å². The SMILES string of the molecule is CC1CC(C)(C)CC2(C1)NC(=O)N(CC(=O)OC(C)C(=O)Nc1ccccc1OC(F)F)C2=O. The van der Waals surface area contributed by atoms with E-state index in [0.29, 0.717) is 12.8 Å². The van der Waals surface area contributed by atoms with Gasteiger partial charge < -0.3 is 20.1 Å². The van der Waals surface area contributed by atoms with Crippen LogP contribution in [-0.4, -0.2) is 53.5 Å². The Morgan fingerprint density at radius 3 is 2.56 bits per heavy atom. The number of benzene rings is 1. The third kappa shape index (κ3) is 5.63. The number of carbonyl (C=O) groups is 4. The summed E-state index contributed by atoms with van der Waals surface area (Å²) in [5.74, 6) is -2.28. The van der Waals surface area contributed by atoms with E-state index in [-0.39, 0.29) is 22.8 Å². The smallest absolute Gasteiger partial charge is 0.387 e. The maximum absolute atomic E-state index is 13.1. The summed E-state index contributed by atoms with van der Waals surface area (Å²) in [6.45, 7) is 3.63. The second-order valence-corrected chi connectivity index (χ2v) is 9.75. The van der Waals surface area contributed by atoms with Crippen LogP contribution in [0.3, 0.4) is 0 Å². The van der Waals surface area contributed by atoms with E-state index in [4.69, 9.17) is 4.74 Å². The van der Waals surface area contributed by atoms with Crippen LogP contribution in [0, 0.1) is 11.3 Å². The number of esters is 1. The number of para-hydroxylation sites is 2. The van der Waals surface area contributed by atoms with Gasteiger partial charge in [0.25, 0.3) is 11.8 Å². The summed E-state index contributed by atoms with van der Waals surface area (Å²) in [6, 6.07) is 4.88. The number of hydrogen-bond acceptors (Lipinski definition) is 6. The van der Waals surface area contributed by atoms with Crippen LogP contribution < -0.4 is 15.4 Å². The molecular weight excluding hydrogens is 452 g/mol. The van der Waals surface area contributed by atoms with E-state index < -0.39 is 48.6 Å². The normalized spacial score (nSPS) is 24.7. The molecule has 3 rings (SSSR count). The van der Waals surface area contributed by atoms with E-state index in [1.54, 1.807) is 0 Å². The Kier molecular flexibility index (Phi) is 7.13. The molecule has 34 heavy (non-hydrogen) atoms. The van der Waals surface area contributed by atoms with Crippen LogP contribution in [0.15, 0.2) is 24.3 Å². The lowest BCUT2D eigenvalue weighted by Crippen LogP contribution is -2.54. The summed E-state index contributed by atoms with van der Waals surface area (Å²) < 4.78 is 34.5. The Balaban J connectivity index is 1.61. The van der Waals surface area contributed by atoms with E-state index in [9.17, 15) is 28.0 Å². The predicted molar refractivity (Wildman–Crippen MR) is 117 cm³/mol. The van der Waals surface area contributed by atoms with Crippen LogP contribution in [0.5, 0.6) is 5.75 Å². The minimum absolute atomic E-state index is 0.0271. The number of urea groups is 1. The van der Waals surface area contributed by atoms with Gasteiger partial charge >= 0.3 is 18.6 Å². The topological polar surface area (TPSA) is 114 Å². The Morgan fingerprint density at radius 1 is 1.24 bits per heavy atom. The second kappa shape index (κ2) is 9.55. The minimum Gasteiger partial charge on any atom is -0.451 e. The number of rotatable bonds is 7. The van der Waals surface area contributed by atoms with Crippen LogP contribution in [0.25, 0.3) is 0 Å². The minimum atomic E-state index is -3.08. The van der Waals surface area contributed by atoms with Crippen molar-refractivity contribution >= 4 is 29.5 Å². The van der Waals surface area contributed by atoms with Gasteiger partial charge in [-0.05, 0) is 49.7 Å². The average Bonchev–Trinajstić information content (AvgIpc) is 2.90. The van der Waals surface area contributed by atoms with Gasteiger partial charge in [0.15, 0.2) is 6.10 Å². The Bertz CT molecular complexity index is 985. The molecule has 0 bridgehead atoms. The zero-order valence-corrected chi connectivity index (χ0v) is 19.5. The fourth-order valence-electron chi connectivity index (χ4n) is 5.07. The Labute approximate surface area is 196 Å². The van der Waals surface area contributed by atoms with Crippen molar-refractivity contribution in [1.82, 2.24) is 10.2 Å². The number of nitrogens with zero attached hydrogens (tertiary/aromatic N) is 1. The molecule has 9 nitrogen and oxygen atoms in total. The van der Waals surface area contributed by atoms with Crippen LogP contribution in [0.2, 0.25) is 0 Å². The maximum atomic E-state index is 13.1. The van der Waals surface area contributed by atoms with Gasteiger partial charge in [0.2, 0.25) is 0 Å². The fraction of sp³-hybridized carbons (Fsp3) is 0.565. The molecule has 1 saturated carbocycles. The molecule has 4 amide bonds. The lowest BCUT2D eigenvalue weighted by atomic mass is 9.64. The maximum Gasteiger partial charge on any atom is 0.387 e. The molecule has 11 heteroatoms. The first-order valence-corrected chi connectivity index (χ1v) is 11.0. The van der Waals surface area contributed by atoms with E-state index in [1.807, 2.05) is 20.8 Å². The number of ether oxygens (including phenoxy) is 2. The van der Waals surface area contributed by atoms with Gasteiger partial charge in [0, 0.05) is 0 Å². The number of carbonyl (C=O) groups excluding carboxylic acids is 4. The zero-order chi connectivity index (χ0) is 25.3. The third-order valence-electron chi connectivity index (χ3n) is 5.95. The molecule has 1 aliphatic carbocycles. The monoisotopic (exact) mass is 481 g/mol. The number of halogens is 2. The van der Waals surface area contributed by atoms with Crippen molar-refractivity contribution in [3.05, 3.63) is 24.3 Å². The molecule has 2 aliphatic rings. The average molecular weight is 481 g/mol. The van der Waals surface area contributed by atoms with Crippen molar-refractivity contribution in [2.75, 3.05) is 11.9 Å². The summed E-state index contributed by atoms with van der Waals surface area (Å²) >= 11 is 0. The quantitative estimate of drug-likeness (QED) is 0.456. The molecule has 186 valence electrons. The molecule has 1 aliphatic heterocycles. The van der Waals surface area contributed by atoms with Crippen molar-refractivity contribution in [1.29, 1.82) is 0 Å². The zero-order valence-electron chi connectivity index (χ0n) is 19.5. The number of nitrogens with one attached hydrogen (secondary N) is 2. The van der Waals surface area contributed by atoms with Crippen LogP contribution in [0.4, 0.5) is 19.3 Å². The molecule has 0 aromatic heterocycles. The fourth-order valence-corrected chi connectivity index (χ4v) is 5.07. The van der Waals surface area contributed by atoms with E-state index in [0.717, 1.165) is 11.3 Å². The van der Waals surface area contributed by atoms with E-state index >= 15 is 0 Å². The molecule has 1 heterocycles. The van der Waals surface area contributed by atoms with Crippen LogP contribution >= 0.6 is 0 Å². The van der Waals surface area contributed by atoms with Crippen molar-refractivity contribution in [3.8, 4) is 5.75 Å². The molecule has 1 saturated heterocycles. The molecule has 1 spiro atoms. The number of amides is 4. The molecule has 1 aromatic rings.